The van der Waals surface area contributed by atoms with Crippen LogP contribution in [0.3, 0.4) is 0 Å². The standard InChI is InChI=1S/C21H21FN4O/c1-12-23-18(26-27-12)11-21-9-8-15(20(21,2)3)14-10-17(24-25-19(14)21)13-6-4-5-7-16(13)22/h4-7,10,15H,8-9,11H2,1-3H3/t15-,21-/m1/s1. The van der Waals surface area contributed by atoms with Gasteiger partial charge in [-0.3, -0.25) is 0 Å². The molecule has 5 rings (SSSR count). The average molecular weight is 364 g/mol. The van der Waals surface area contributed by atoms with Gasteiger partial charge >= 0.3 is 0 Å². The van der Waals surface area contributed by atoms with Gasteiger partial charge in [-0.25, -0.2) is 4.39 Å². The highest BCUT2D eigenvalue weighted by molar-refractivity contribution is 5.62. The molecule has 6 heteroatoms. The summed E-state index contributed by atoms with van der Waals surface area (Å²) in [5, 5.41) is 13.2. The van der Waals surface area contributed by atoms with Crippen LogP contribution in [0.25, 0.3) is 11.3 Å². The molecule has 1 saturated carbocycles. The van der Waals surface area contributed by atoms with Crippen LogP contribution in [0.15, 0.2) is 34.9 Å². The quantitative estimate of drug-likeness (QED) is 0.690. The third kappa shape index (κ3) is 2.16. The Bertz CT molecular complexity index is 1040. The maximum atomic E-state index is 14.2. The molecule has 0 saturated heterocycles. The number of hydrogen-bond acceptors (Lipinski definition) is 5. The molecule has 0 radical (unpaired) electrons. The van der Waals surface area contributed by atoms with Crippen LogP contribution >= 0.6 is 0 Å². The summed E-state index contributed by atoms with van der Waals surface area (Å²) < 4.78 is 19.4. The third-order valence-electron chi connectivity index (χ3n) is 6.80. The number of aromatic nitrogens is 4. The topological polar surface area (TPSA) is 64.7 Å². The molecule has 2 heterocycles. The van der Waals surface area contributed by atoms with Gasteiger partial charge in [-0.1, -0.05) is 31.1 Å². The minimum absolute atomic E-state index is 0.00635. The molecule has 2 atom stereocenters. The smallest absolute Gasteiger partial charge is 0.223 e. The molecule has 138 valence electrons. The highest BCUT2D eigenvalue weighted by Crippen LogP contribution is 2.68. The van der Waals surface area contributed by atoms with Crippen LogP contribution in [0.5, 0.6) is 0 Å². The monoisotopic (exact) mass is 364 g/mol. The molecule has 0 amide bonds. The van der Waals surface area contributed by atoms with Crippen LogP contribution in [-0.4, -0.2) is 20.3 Å². The Labute approximate surface area is 157 Å². The van der Waals surface area contributed by atoms with E-state index in [-0.39, 0.29) is 16.6 Å². The highest BCUT2D eigenvalue weighted by Gasteiger charge is 2.63. The lowest BCUT2D eigenvalue weighted by molar-refractivity contribution is 0.199. The van der Waals surface area contributed by atoms with Crippen molar-refractivity contribution in [1.29, 1.82) is 0 Å². The van der Waals surface area contributed by atoms with E-state index in [0.29, 0.717) is 35.3 Å². The molecule has 3 aromatic rings. The fraction of sp³-hybridized carbons (Fsp3) is 0.429. The zero-order valence-electron chi connectivity index (χ0n) is 15.7. The maximum absolute atomic E-state index is 14.2. The SMILES string of the molecule is Cc1nc(C[C@]23CC[C@H](c4cc(-c5ccccc5F)nnc42)C3(C)C)no1. The lowest BCUT2D eigenvalue weighted by Crippen LogP contribution is -2.38. The Hall–Kier alpha value is -2.63. The molecule has 2 aromatic heterocycles. The van der Waals surface area contributed by atoms with E-state index in [1.165, 1.54) is 11.6 Å². The van der Waals surface area contributed by atoms with Crippen molar-refractivity contribution < 1.29 is 8.91 Å². The Morgan fingerprint density at radius 3 is 2.78 bits per heavy atom. The van der Waals surface area contributed by atoms with Crippen molar-refractivity contribution in [2.75, 3.05) is 0 Å². The summed E-state index contributed by atoms with van der Waals surface area (Å²) in [7, 11) is 0. The van der Waals surface area contributed by atoms with E-state index >= 15 is 0 Å². The molecule has 5 nitrogen and oxygen atoms in total. The summed E-state index contributed by atoms with van der Waals surface area (Å²) in [5.41, 5.74) is 3.15. The van der Waals surface area contributed by atoms with E-state index in [9.17, 15) is 4.39 Å². The summed E-state index contributed by atoms with van der Waals surface area (Å²) in [6, 6.07) is 8.76. The van der Waals surface area contributed by atoms with E-state index < -0.39 is 0 Å². The number of rotatable bonds is 3. The molecule has 2 aliphatic rings. The molecule has 2 aliphatic carbocycles. The molecular formula is C21H21FN4O. The number of aryl methyl sites for hydroxylation is 1. The molecule has 0 spiro atoms. The van der Waals surface area contributed by atoms with Gasteiger partial charge < -0.3 is 4.52 Å². The summed E-state index contributed by atoms with van der Waals surface area (Å²) in [4.78, 5) is 4.43. The van der Waals surface area contributed by atoms with Crippen LogP contribution in [0.1, 0.15) is 55.6 Å². The summed E-state index contributed by atoms with van der Waals surface area (Å²) >= 11 is 0. The van der Waals surface area contributed by atoms with Gasteiger partial charge in [-0.15, -0.1) is 0 Å². The van der Waals surface area contributed by atoms with Gasteiger partial charge in [0.25, 0.3) is 0 Å². The lowest BCUT2D eigenvalue weighted by Gasteiger charge is -2.37. The summed E-state index contributed by atoms with van der Waals surface area (Å²) in [5.74, 6) is 1.40. The van der Waals surface area contributed by atoms with E-state index in [0.717, 1.165) is 18.5 Å². The minimum Gasteiger partial charge on any atom is -0.340 e. The van der Waals surface area contributed by atoms with Crippen molar-refractivity contribution in [3.63, 3.8) is 0 Å². The number of nitrogens with zero attached hydrogens (tertiary/aromatic N) is 4. The Kier molecular flexibility index (Phi) is 3.33. The van der Waals surface area contributed by atoms with Gasteiger partial charge in [0.15, 0.2) is 5.82 Å². The van der Waals surface area contributed by atoms with Crippen molar-refractivity contribution in [1.82, 2.24) is 20.3 Å². The number of hydrogen-bond donors (Lipinski definition) is 0. The summed E-state index contributed by atoms with van der Waals surface area (Å²) in [6.07, 6.45) is 2.80. The Balaban J connectivity index is 1.63. The predicted octanol–water partition coefficient (Wildman–Crippen LogP) is 4.37. The van der Waals surface area contributed by atoms with Gasteiger partial charge in [0.1, 0.15) is 5.82 Å². The van der Waals surface area contributed by atoms with E-state index in [1.54, 1.807) is 19.1 Å². The maximum Gasteiger partial charge on any atom is 0.223 e. The van der Waals surface area contributed by atoms with Gasteiger partial charge in [0.2, 0.25) is 5.89 Å². The van der Waals surface area contributed by atoms with Crippen molar-refractivity contribution in [2.24, 2.45) is 5.41 Å². The molecule has 1 aromatic carbocycles. The second kappa shape index (κ2) is 5.44. The van der Waals surface area contributed by atoms with Crippen LogP contribution in [0.2, 0.25) is 0 Å². The molecule has 0 unspecified atom stereocenters. The first-order valence-corrected chi connectivity index (χ1v) is 9.34. The average Bonchev–Trinajstić information content (AvgIpc) is 3.22. The molecule has 0 aliphatic heterocycles. The van der Waals surface area contributed by atoms with Crippen molar-refractivity contribution >= 4 is 0 Å². The van der Waals surface area contributed by atoms with Gasteiger partial charge in [-0.2, -0.15) is 15.2 Å². The van der Waals surface area contributed by atoms with Crippen LogP contribution in [0.4, 0.5) is 4.39 Å². The Morgan fingerprint density at radius 2 is 2.04 bits per heavy atom. The number of fused-ring (bicyclic) bond motifs is 5. The molecule has 0 N–H and O–H groups in total. The van der Waals surface area contributed by atoms with E-state index in [4.69, 9.17) is 4.52 Å². The second-order valence-corrected chi connectivity index (χ2v) is 8.31. The first-order chi connectivity index (χ1) is 12.9. The second-order valence-electron chi connectivity index (χ2n) is 8.31. The van der Waals surface area contributed by atoms with Crippen LogP contribution in [-0.2, 0) is 11.8 Å². The van der Waals surface area contributed by atoms with Gasteiger partial charge in [0, 0.05) is 24.3 Å². The largest absolute Gasteiger partial charge is 0.340 e. The number of benzene rings is 1. The minimum atomic E-state index is -0.272. The molecule has 2 bridgehead atoms. The fourth-order valence-electron chi connectivity index (χ4n) is 5.30. The third-order valence-corrected chi connectivity index (χ3v) is 6.80. The zero-order valence-corrected chi connectivity index (χ0v) is 15.7. The molecule has 27 heavy (non-hydrogen) atoms. The van der Waals surface area contributed by atoms with Crippen molar-refractivity contribution in [3.8, 4) is 11.3 Å². The normalized spacial score (nSPS) is 25.0. The zero-order chi connectivity index (χ0) is 18.8. The fourth-order valence-corrected chi connectivity index (χ4v) is 5.30. The highest BCUT2D eigenvalue weighted by atomic mass is 19.1. The van der Waals surface area contributed by atoms with Crippen LogP contribution < -0.4 is 0 Å². The first kappa shape index (κ1) is 16.5. The van der Waals surface area contributed by atoms with Gasteiger partial charge in [0.05, 0.1) is 11.4 Å². The van der Waals surface area contributed by atoms with E-state index in [1.807, 2.05) is 12.1 Å². The molecular weight excluding hydrogens is 343 g/mol. The Morgan fingerprint density at radius 1 is 1.22 bits per heavy atom. The number of halogens is 1. The summed E-state index contributed by atoms with van der Waals surface area (Å²) in [6.45, 7) is 6.39. The van der Waals surface area contributed by atoms with E-state index in [2.05, 4.69) is 34.2 Å². The van der Waals surface area contributed by atoms with Gasteiger partial charge in [-0.05, 0) is 47.9 Å². The van der Waals surface area contributed by atoms with Crippen LogP contribution in [0, 0.1) is 18.2 Å². The predicted molar refractivity (Wildman–Crippen MR) is 97.6 cm³/mol. The van der Waals surface area contributed by atoms with Crippen molar-refractivity contribution in [2.45, 2.75) is 51.4 Å². The molecule has 1 fully saturated rings. The first-order valence-electron chi connectivity index (χ1n) is 9.34. The van der Waals surface area contributed by atoms with Crippen molar-refractivity contribution in [3.05, 3.63) is 59.1 Å². The lowest BCUT2D eigenvalue weighted by atomic mass is 9.66.